The van der Waals surface area contributed by atoms with Gasteiger partial charge in [-0.2, -0.15) is 0 Å². The third-order valence-electron chi connectivity index (χ3n) is 13.4. The first-order valence-corrected chi connectivity index (χ1v) is 21.2. The van der Waals surface area contributed by atoms with Gasteiger partial charge in [-0.05, 0) is 77.3 Å². The molecule has 2 saturated heterocycles. The second-order valence-corrected chi connectivity index (χ2v) is 19.4. The Morgan fingerprint density at radius 1 is 0.857 bits per heavy atom. The van der Waals surface area contributed by atoms with Gasteiger partial charge in [0.2, 0.25) is 0 Å². The van der Waals surface area contributed by atoms with Gasteiger partial charge in [-0.25, -0.2) is 14.4 Å². The highest BCUT2D eigenvalue weighted by atomic mass is 16.6. The van der Waals surface area contributed by atoms with Crippen molar-refractivity contribution in [2.24, 2.45) is 16.7 Å². The number of rotatable bonds is 7. The molecule has 338 valence electrons. The summed E-state index contributed by atoms with van der Waals surface area (Å²) in [4.78, 5) is 86.0. The summed E-state index contributed by atoms with van der Waals surface area (Å²) in [6.07, 6.45) is -5.06. The zero-order valence-corrected chi connectivity index (χ0v) is 37.6. The Hall–Kier alpha value is -5.38. The van der Waals surface area contributed by atoms with Crippen molar-refractivity contribution in [3.63, 3.8) is 0 Å². The van der Waals surface area contributed by atoms with E-state index in [-0.39, 0.29) is 17.7 Å². The van der Waals surface area contributed by atoms with Gasteiger partial charge in [0.25, 0.3) is 0 Å². The van der Waals surface area contributed by atoms with E-state index >= 15 is 4.79 Å². The molecule has 3 aliphatic carbocycles. The molecule has 15 nitrogen and oxygen atoms in total. The minimum absolute atomic E-state index is 0.124. The minimum atomic E-state index is -2.27. The number of aliphatic hydroxyl groups is 1. The maximum atomic E-state index is 15.5. The number of hydrogen-bond donors (Lipinski definition) is 1. The smallest absolute Gasteiger partial charge is 0.413 e. The number of nitrogens with zero attached hydrogens (tertiary/aromatic N) is 1. The lowest BCUT2D eigenvalue weighted by molar-refractivity contribution is -0.306. The van der Waals surface area contributed by atoms with Crippen molar-refractivity contribution in [2.45, 2.75) is 142 Å². The maximum Gasteiger partial charge on any atom is 0.413 e. The van der Waals surface area contributed by atoms with Crippen molar-refractivity contribution in [1.82, 2.24) is 4.90 Å². The van der Waals surface area contributed by atoms with Crippen LogP contribution in [0.4, 0.5) is 4.79 Å². The molecule has 0 radical (unpaired) electrons. The summed E-state index contributed by atoms with van der Waals surface area (Å²) in [6, 6.07) is 15.8. The summed E-state index contributed by atoms with van der Waals surface area (Å²) in [6.45, 7) is 17.0. The van der Waals surface area contributed by atoms with Crippen LogP contribution in [0, 0.1) is 16.7 Å². The molecule has 5 aliphatic rings. The predicted molar refractivity (Wildman–Crippen MR) is 223 cm³/mol. The molecular formula is C48H57NO14. The molecular weight excluding hydrogens is 815 g/mol. The zero-order chi connectivity index (χ0) is 46.2. The molecule has 0 unspecified atom stereocenters. The van der Waals surface area contributed by atoms with E-state index in [9.17, 15) is 29.1 Å². The Labute approximate surface area is 367 Å². The van der Waals surface area contributed by atoms with Gasteiger partial charge in [0.05, 0.1) is 23.5 Å². The molecule has 63 heavy (non-hydrogen) atoms. The van der Waals surface area contributed by atoms with Crippen LogP contribution in [0.25, 0.3) is 0 Å². The number of fused-ring (bicyclic) bond motifs is 5. The lowest BCUT2D eigenvalue weighted by Crippen LogP contribution is -2.78. The lowest BCUT2D eigenvalue weighted by atomic mass is 9.46. The fourth-order valence-corrected chi connectivity index (χ4v) is 10.5. The van der Waals surface area contributed by atoms with Crippen molar-refractivity contribution in [1.29, 1.82) is 0 Å². The van der Waals surface area contributed by atoms with Gasteiger partial charge in [0, 0.05) is 25.7 Å². The van der Waals surface area contributed by atoms with Crippen molar-refractivity contribution in [3.05, 3.63) is 95.1 Å². The number of Topliss-reactive ketones (excluding diaryl/α,β-unsaturated/α-hetero) is 1. The monoisotopic (exact) mass is 871 g/mol. The number of esters is 4. The fourth-order valence-electron chi connectivity index (χ4n) is 10.5. The number of amides is 1. The Morgan fingerprint density at radius 2 is 1.48 bits per heavy atom. The first kappa shape index (κ1) is 45.6. The average Bonchev–Trinajstić information content (AvgIpc) is 3.48. The number of ketones is 1. The largest absolute Gasteiger partial charge is 0.456 e. The highest BCUT2D eigenvalue weighted by molar-refractivity contribution is 5.96. The molecule has 2 aliphatic heterocycles. The number of allylic oxidation sites excluding steroid dienone is 1. The molecule has 1 amide bonds. The number of hydrogen-bond acceptors (Lipinski definition) is 14. The molecule has 2 aromatic rings. The molecule has 7 rings (SSSR count). The summed E-state index contributed by atoms with van der Waals surface area (Å²) in [5.74, 6) is -5.31. The molecule has 10 atom stereocenters. The van der Waals surface area contributed by atoms with E-state index in [2.05, 4.69) is 0 Å². The van der Waals surface area contributed by atoms with E-state index in [4.69, 9.17) is 33.2 Å². The second kappa shape index (κ2) is 15.7. The van der Waals surface area contributed by atoms with Gasteiger partial charge in [-0.15, -0.1) is 0 Å². The van der Waals surface area contributed by atoms with Crippen LogP contribution in [-0.2, 0) is 52.3 Å². The molecule has 0 spiro atoms. The summed E-state index contributed by atoms with van der Waals surface area (Å²) >= 11 is 0. The molecule has 15 heteroatoms. The molecule has 3 fully saturated rings. The standard InChI is InChI=1S/C48H57NO14/c1-26-31(59-41(54)36-34(29-18-14-12-15-19-29)49(45(9,10)62-36)42(55)63-43(4,5)6)24-48(56)39(60-40(53)30-20-16-13-17-21-30)37-46(11,23-22-32-47(37,25-57-32)61-28(3)51)38(52)35(58-27(2)50)33(26)44(48,7)8/h12-23,31-32,34-37,39,56H,24-25H2,1-11H3/t31-,32+,34+,35-,36+,37-,39-,46+,47-,48+/m0/s1. The Kier molecular flexibility index (Phi) is 11.4. The van der Waals surface area contributed by atoms with Crippen molar-refractivity contribution in [3.8, 4) is 0 Å². The average molecular weight is 872 g/mol. The number of benzene rings is 2. The van der Waals surface area contributed by atoms with Crippen LogP contribution in [-0.4, -0.2) is 105 Å². The van der Waals surface area contributed by atoms with Gasteiger partial charge >= 0.3 is 30.0 Å². The van der Waals surface area contributed by atoms with E-state index in [1.165, 1.54) is 24.0 Å². The Bertz CT molecular complexity index is 2260. The molecule has 0 aromatic heterocycles. The van der Waals surface area contributed by atoms with Crippen LogP contribution in [0.2, 0.25) is 0 Å². The van der Waals surface area contributed by atoms with E-state index in [1.54, 1.807) is 123 Å². The van der Waals surface area contributed by atoms with Crippen molar-refractivity contribution in [2.75, 3.05) is 6.61 Å². The van der Waals surface area contributed by atoms with Gasteiger partial charge in [0.1, 0.15) is 41.3 Å². The maximum absolute atomic E-state index is 15.5. The fraction of sp³-hybridized carbons (Fsp3) is 0.542. The van der Waals surface area contributed by atoms with Gasteiger partial charge in [-0.1, -0.05) is 74.5 Å². The van der Waals surface area contributed by atoms with Crippen molar-refractivity contribution < 1.29 is 67.0 Å². The molecule has 2 bridgehead atoms. The first-order valence-electron chi connectivity index (χ1n) is 21.2. The lowest BCUT2D eigenvalue weighted by Gasteiger charge is -2.65. The molecule has 1 N–H and O–H groups in total. The van der Waals surface area contributed by atoms with Crippen molar-refractivity contribution >= 4 is 35.8 Å². The van der Waals surface area contributed by atoms with Crippen LogP contribution in [0.1, 0.15) is 105 Å². The van der Waals surface area contributed by atoms with Gasteiger partial charge < -0.3 is 38.3 Å². The van der Waals surface area contributed by atoms with E-state index in [1.807, 2.05) is 0 Å². The second-order valence-electron chi connectivity index (χ2n) is 19.4. The van der Waals surface area contributed by atoms with Gasteiger partial charge in [-0.3, -0.25) is 19.3 Å². The highest BCUT2D eigenvalue weighted by Gasteiger charge is 2.75. The summed E-state index contributed by atoms with van der Waals surface area (Å²) in [5, 5.41) is 13.8. The van der Waals surface area contributed by atoms with Crippen LogP contribution in [0.3, 0.4) is 0 Å². The number of carbonyl (C=O) groups is 6. The van der Waals surface area contributed by atoms with Crippen LogP contribution >= 0.6 is 0 Å². The van der Waals surface area contributed by atoms with Gasteiger partial charge in [0.15, 0.2) is 23.6 Å². The van der Waals surface area contributed by atoms with E-state index in [0.717, 1.165) is 6.92 Å². The summed E-state index contributed by atoms with van der Waals surface area (Å²) < 4.78 is 43.1. The van der Waals surface area contributed by atoms with E-state index < -0.39 is 118 Å². The Balaban J connectivity index is 1.41. The van der Waals surface area contributed by atoms with Crippen LogP contribution in [0.15, 0.2) is 84.0 Å². The third-order valence-corrected chi connectivity index (χ3v) is 13.4. The minimum Gasteiger partial charge on any atom is -0.456 e. The Morgan fingerprint density at radius 3 is 2.03 bits per heavy atom. The zero-order valence-electron chi connectivity index (χ0n) is 37.6. The first-order chi connectivity index (χ1) is 29.3. The highest BCUT2D eigenvalue weighted by Crippen LogP contribution is 2.63. The predicted octanol–water partition coefficient (Wildman–Crippen LogP) is 6.12. The number of carbonyl (C=O) groups excluding carboxylic acids is 6. The van der Waals surface area contributed by atoms with Crippen LogP contribution < -0.4 is 0 Å². The third kappa shape index (κ3) is 7.55. The normalized spacial score (nSPS) is 33.9. The molecule has 2 aromatic carbocycles. The quantitative estimate of drug-likeness (QED) is 0.190. The van der Waals surface area contributed by atoms with Crippen LogP contribution in [0.5, 0.6) is 0 Å². The SMILES string of the molecule is CC(=O)O[C@@H]1C(=O)[C@]2(C)C=C[C@H]3OC[C@@]3(OC(C)=O)[C@H]2[C@H](OC(=O)c2ccccc2)[C@]2(O)C[C@H](OC(=O)[C@@H]3OC(C)(C)N(C(=O)OC(C)(C)C)[C@@H]3c3ccccc3)C(C)=C1C2(C)C. The summed E-state index contributed by atoms with van der Waals surface area (Å²) in [5.41, 5.74) is -8.42. The van der Waals surface area contributed by atoms with E-state index in [0.29, 0.717) is 11.1 Å². The summed E-state index contributed by atoms with van der Waals surface area (Å²) in [7, 11) is 0. The molecule has 2 heterocycles. The topological polar surface area (TPSA) is 190 Å². The number of ether oxygens (including phenoxy) is 7. The molecule has 1 saturated carbocycles.